The van der Waals surface area contributed by atoms with Gasteiger partial charge in [-0.2, -0.15) is 0 Å². The Balaban J connectivity index is 1.40. The minimum Gasteiger partial charge on any atom is -0.489 e. The number of likely N-dealkylation sites (tertiary alicyclic amines) is 1. The summed E-state index contributed by atoms with van der Waals surface area (Å²) in [5, 5.41) is 3.00. The van der Waals surface area contributed by atoms with Gasteiger partial charge < -0.3 is 19.9 Å². The summed E-state index contributed by atoms with van der Waals surface area (Å²) >= 11 is 0. The molecule has 27 heavy (non-hydrogen) atoms. The molecular formula is C21H27N3O3. The van der Waals surface area contributed by atoms with Crippen molar-refractivity contribution in [1.82, 2.24) is 9.80 Å². The fourth-order valence-corrected chi connectivity index (χ4v) is 4.80. The van der Waals surface area contributed by atoms with Crippen molar-refractivity contribution in [2.45, 2.75) is 31.7 Å². The normalized spacial score (nSPS) is 27.0. The van der Waals surface area contributed by atoms with Gasteiger partial charge in [0.1, 0.15) is 12.4 Å². The van der Waals surface area contributed by atoms with Gasteiger partial charge in [0, 0.05) is 43.9 Å². The molecule has 1 aromatic carbocycles. The van der Waals surface area contributed by atoms with E-state index in [9.17, 15) is 9.59 Å². The average Bonchev–Trinajstić information content (AvgIpc) is 2.67. The molecule has 3 atom stereocenters. The summed E-state index contributed by atoms with van der Waals surface area (Å²) in [6.07, 6.45) is 5.55. The molecule has 3 fully saturated rings. The van der Waals surface area contributed by atoms with Gasteiger partial charge in [-0.05, 0) is 43.2 Å². The van der Waals surface area contributed by atoms with Crippen molar-refractivity contribution in [3.8, 4) is 5.75 Å². The largest absolute Gasteiger partial charge is 0.489 e. The van der Waals surface area contributed by atoms with Crippen LogP contribution in [0.5, 0.6) is 5.75 Å². The predicted molar refractivity (Wildman–Crippen MR) is 104 cm³/mol. The van der Waals surface area contributed by atoms with Crippen molar-refractivity contribution in [2.24, 2.45) is 11.8 Å². The van der Waals surface area contributed by atoms with Gasteiger partial charge in [0.2, 0.25) is 5.91 Å². The van der Waals surface area contributed by atoms with Gasteiger partial charge >= 0.3 is 6.03 Å². The molecule has 3 aliphatic heterocycles. The number of anilines is 1. The fraction of sp³-hybridized carbons (Fsp3) is 0.524. The number of carbonyl (C=O) groups excluding carboxylic acids is 2. The van der Waals surface area contributed by atoms with Crippen LogP contribution in [0.25, 0.3) is 0 Å². The van der Waals surface area contributed by atoms with E-state index in [4.69, 9.17) is 4.74 Å². The van der Waals surface area contributed by atoms with Gasteiger partial charge in [-0.1, -0.05) is 18.7 Å². The first kappa shape index (κ1) is 17.9. The number of amides is 3. The third-order valence-corrected chi connectivity index (χ3v) is 5.92. The number of hydrogen-bond donors (Lipinski definition) is 1. The molecule has 0 saturated carbocycles. The number of hydrogen-bond acceptors (Lipinski definition) is 3. The van der Waals surface area contributed by atoms with Gasteiger partial charge in [0.05, 0.1) is 0 Å². The maximum absolute atomic E-state index is 12.8. The Labute approximate surface area is 160 Å². The zero-order chi connectivity index (χ0) is 18.8. The Morgan fingerprint density at radius 2 is 2.22 bits per heavy atom. The molecule has 3 saturated heterocycles. The SMILES string of the molecule is C=CCOc1cccc(NC(=O)N2CC3CC(C2)C2CCCC(=O)N2C3)c1. The summed E-state index contributed by atoms with van der Waals surface area (Å²) < 4.78 is 5.53. The molecule has 144 valence electrons. The molecular weight excluding hydrogens is 342 g/mol. The number of piperidine rings is 3. The van der Waals surface area contributed by atoms with Crippen LogP contribution in [0.4, 0.5) is 10.5 Å². The van der Waals surface area contributed by atoms with E-state index in [0.717, 1.165) is 38.0 Å². The lowest BCUT2D eigenvalue weighted by Gasteiger charge is -2.52. The summed E-state index contributed by atoms with van der Waals surface area (Å²) in [6, 6.07) is 7.66. The van der Waals surface area contributed by atoms with E-state index in [-0.39, 0.29) is 6.03 Å². The van der Waals surface area contributed by atoms with Gasteiger partial charge in [-0.25, -0.2) is 4.79 Å². The molecule has 1 aromatic rings. The van der Waals surface area contributed by atoms with Crippen LogP contribution in [0.3, 0.4) is 0 Å². The second-order valence-electron chi connectivity index (χ2n) is 7.83. The van der Waals surface area contributed by atoms with Crippen LogP contribution in [0, 0.1) is 11.8 Å². The van der Waals surface area contributed by atoms with Crippen molar-refractivity contribution in [3.63, 3.8) is 0 Å². The van der Waals surface area contributed by atoms with Crippen molar-refractivity contribution in [3.05, 3.63) is 36.9 Å². The predicted octanol–water partition coefficient (Wildman–Crippen LogP) is 3.12. The second kappa shape index (κ2) is 7.62. The lowest BCUT2D eigenvalue weighted by atomic mass is 9.76. The third kappa shape index (κ3) is 3.80. The highest BCUT2D eigenvalue weighted by atomic mass is 16.5. The topological polar surface area (TPSA) is 61.9 Å². The van der Waals surface area contributed by atoms with E-state index in [2.05, 4.69) is 16.8 Å². The maximum atomic E-state index is 12.8. The lowest BCUT2D eigenvalue weighted by Crippen LogP contribution is -2.61. The van der Waals surface area contributed by atoms with E-state index in [1.807, 2.05) is 29.2 Å². The number of nitrogens with zero attached hydrogens (tertiary/aromatic N) is 2. The molecule has 3 aliphatic rings. The second-order valence-corrected chi connectivity index (χ2v) is 7.83. The van der Waals surface area contributed by atoms with Crippen LogP contribution in [-0.4, -0.2) is 54.0 Å². The van der Waals surface area contributed by atoms with Gasteiger partial charge in [-0.15, -0.1) is 0 Å². The van der Waals surface area contributed by atoms with Crippen molar-refractivity contribution in [1.29, 1.82) is 0 Å². The Kier molecular flexibility index (Phi) is 5.05. The van der Waals surface area contributed by atoms with Crippen LogP contribution in [0.1, 0.15) is 25.7 Å². The van der Waals surface area contributed by atoms with E-state index in [1.165, 1.54) is 0 Å². The first-order valence-corrected chi connectivity index (χ1v) is 9.83. The molecule has 0 radical (unpaired) electrons. The number of fused-ring (bicyclic) bond motifs is 4. The first-order valence-electron chi connectivity index (χ1n) is 9.83. The first-order chi connectivity index (χ1) is 13.1. The maximum Gasteiger partial charge on any atom is 0.321 e. The summed E-state index contributed by atoms with van der Waals surface area (Å²) in [5.74, 6) is 1.79. The fourth-order valence-electron chi connectivity index (χ4n) is 4.80. The van der Waals surface area contributed by atoms with Gasteiger partial charge in [0.25, 0.3) is 0 Å². The van der Waals surface area contributed by atoms with Crippen LogP contribution in [-0.2, 0) is 4.79 Å². The molecule has 3 unspecified atom stereocenters. The Bertz CT molecular complexity index is 735. The zero-order valence-corrected chi connectivity index (χ0v) is 15.6. The lowest BCUT2D eigenvalue weighted by molar-refractivity contribution is -0.144. The number of nitrogens with one attached hydrogen (secondary N) is 1. The van der Waals surface area contributed by atoms with Gasteiger partial charge in [0.15, 0.2) is 0 Å². The van der Waals surface area contributed by atoms with E-state index in [0.29, 0.717) is 49.1 Å². The summed E-state index contributed by atoms with van der Waals surface area (Å²) in [5.41, 5.74) is 0.728. The molecule has 0 spiro atoms. The van der Waals surface area contributed by atoms with Crippen molar-refractivity contribution >= 4 is 17.6 Å². The molecule has 1 N–H and O–H groups in total. The average molecular weight is 369 g/mol. The minimum absolute atomic E-state index is 0.0684. The molecule has 6 nitrogen and oxygen atoms in total. The summed E-state index contributed by atoms with van der Waals surface area (Å²) in [6.45, 7) is 6.32. The number of ether oxygens (including phenoxy) is 1. The van der Waals surface area contributed by atoms with Gasteiger partial charge in [-0.3, -0.25) is 4.79 Å². The smallest absolute Gasteiger partial charge is 0.321 e. The Morgan fingerprint density at radius 3 is 3.07 bits per heavy atom. The summed E-state index contributed by atoms with van der Waals surface area (Å²) in [4.78, 5) is 29.1. The number of carbonyl (C=O) groups is 2. The minimum atomic E-state index is -0.0684. The van der Waals surface area contributed by atoms with E-state index >= 15 is 0 Å². The third-order valence-electron chi connectivity index (χ3n) is 5.92. The molecule has 6 heteroatoms. The highest BCUT2D eigenvalue weighted by Crippen LogP contribution is 2.38. The monoisotopic (exact) mass is 369 g/mol. The van der Waals surface area contributed by atoms with Crippen LogP contribution in [0.15, 0.2) is 36.9 Å². The quantitative estimate of drug-likeness (QED) is 0.830. The zero-order valence-electron chi connectivity index (χ0n) is 15.6. The Morgan fingerprint density at radius 1 is 1.33 bits per heavy atom. The Hall–Kier alpha value is -2.50. The molecule has 0 aromatic heterocycles. The molecule has 3 heterocycles. The van der Waals surface area contributed by atoms with Crippen molar-refractivity contribution < 1.29 is 14.3 Å². The van der Waals surface area contributed by atoms with Crippen LogP contribution in [0.2, 0.25) is 0 Å². The van der Waals surface area contributed by atoms with Crippen LogP contribution < -0.4 is 10.1 Å². The molecule has 3 amide bonds. The standard InChI is InChI=1S/C21H27N3O3/c1-2-9-27-18-6-3-5-17(11-18)22-21(26)23-12-15-10-16(14-23)19-7-4-8-20(25)24(19)13-15/h2-3,5-6,11,15-16,19H,1,4,7-10,12-14H2,(H,22,26). The van der Waals surface area contributed by atoms with E-state index < -0.39 is 0 Å². The summed E-state index contributed by atoms with van der Waals surface area (Å²) in [7, 11) is 0. The highest BCUT2D eigenvalue weighted by Gasteiger charge is 2.44. The van der Waals surface area contributed by atoms with E-state index in [1.54, 1.807) is 6.08 Å². The highest BCUT2D eigenvalue weighted by molar-refractivity contribution is 5.89. The van der Waals surface area contributed by atoms with Crippen molar-refractivity contribution in [2.75, 3.05) is 31.6 Å². The number of rotatable bonds is 4. The molecule has 4 rings (SSSR count). The number of urea groups is 1. The molecule has 2 bridgehead atoms. The molecule has 0 aliphatic carbocycles. The number of benzene rings is 1. The van der Waals surface area contributed by atoms with Crippen LogP contribution >= 0.6 is 0 Å².